The van der Waals surface area contributed by atoms with Crippen molar-refractivity contribution in [3.8, 4) is 0 Å². The normalized spacial score (nSPS) is 8.20. The second kappa shape index (κ2) is 6.22. The maximum atomic E-state index is 10.8. The first-order valence-electron chi connectivity index (χ1n) is 2.90. The Hall–Kier alpha value is 0.489. The van der Waals surface area contributed by atoms with Crippen LogP contribution in [0.15, 0.2) is 12.2 Å². The van der Waals surface area contributed by atoms with Gasteiger partial charge in [0.25, 0.3) is 0 Å². The second-order valence-electron chi connectivity index (χ2n) is 1.63. The summed E-state index contributed by atoms with van der Waals surface area (Å²) in [5, 5.41) is 0. The van der Waals surface area contributed by atoms with E-state index < -0.39 is 18.9 Å². The van der Waals surface area contributed by atoms with Gasteiger partial charge in [0.2, 0.25) is 0 Å². The van der Waals surface area contributed by atoms with Crippen LogP contribution in [0.25, 0.3) is 0 Å². The van der Waals surface area contributed by atoms with Gasteiger partial charge in [0.1, 0.15) is 0 Å². The summed E-state index contributed by atoms with van der Waals surface area (Å²) in [5.41, 5.74) is 0.602. The number of hydrogen-bond donors (Lipinski definition) is 0. The zero-order valence-electron chi connectivity index (χ0n) is 5.82. The minimum atomic E-state index is -0.513. The Morgan fingerprint density at radius 2 is 2.40 bits per heavy atom. The Balaban J connectivity index is 3.60. The fraction of sp³-hybridized carbons (Fsp3) is 0.500. The molecule has 0 saturated carbocycles. The average Bonchev–Trinajstić information content (AvgIpc) is 1.89. The molecule has 0 rings (SSSR count). The van der Waals surface area contributed by atoms with Crippen LogP contribution in [0.1, 0.15) is 6.92 Å². The summed E-state index contributed by atoms with van der Waals surface area (Å²) in [7, 11) is 0. The van der Waals surface area contributed by atoms with Gasteiger partial charge >= 0.3 is 77.2 Å². The van der Waals surface area contributed by atoms with Crippen molar-refractivity contribution in [2.24, 2.45) is 0 Å². The van der Waals surface area contributed by atoms with Crippen LogP contribution in [-0.4, -0.2) is 31.5 Å². The summed E-state index contributed by atoms with van der Waals surface area (Å²) in [6.45, 7) is 5.83. The molecule has 0 aromatic heterocycles. The Bertz CT molecular complexity index is 120. The number of carbonyl (C=O) groups is 1. The Kier molecular flexibility index (Phi) is 6.52. The Labute approximate surface area is 77.0 Å². The zero-order chi connectivity index (χ0) is 7.98. The van der Waals surface area contributed by atoms with Crippen LogP contribution in [0, 0.1) is 0 Å². The predicted molar refractivity (Wildman–Crippen MR) is 45.3 cm³/mol. The van der Waals surface area contributed by atoms with E-state index in [2.05, 4.69) is 19.3 Å². The van der Waals surface area contributed by atoms with Crippen molar-refractivity contribution < 1.29 is 9.53 Å². The molecule has 4 heteroatoms. The first-order valence-corrected chi connectivity index (χ1v) is 11.3. The average molecular weight is 312 g/mol. The molecule has 0 amide bonds. The number of rotatable bonds is 4. The third-order valence-corrected chi connectivity index (χ3v) is 4.32. The van der Waals surface area contributed by atoms with Crippen LogP contribution in [0.2, 0.25) is 4.44 Å². The van der Waals surface area contributed by atoms with Crippen molar-refractivity contribution in [1.29, 1.82) is 0 Å². The van der Waals surface area contributed by atoms with Gasteiger partial charge in [0, 0.05) is 0 Å². The van der Waals surface area contributed by atoms with Crippen LogP contribution in [0.3, 0.4) is 0 Å². The SMILES string of the molecule is C=C([CH2][Sn+2][Br])C(=O)OCC. The predicted octanol–water partition coefficient (Wildman–Crippen LogP) is 1.54. The quantitative estimate of drug-likeness (QED) is 0.447. The molecule has 10 heavy (non-hydrogen) atoms. The number of hydrogen-bond acceptors (Lipinski definition) is 2. The summed E-state index contributed by atoms with van der Waals surface area (Å²) in [6.07, 6.45) is 0. The molecule has 0 N–H and O–H groups in total. The van der Waals surface area contributed by atoms with Crippen LogP contribution < -0.4 is 0 Å². The van der Waals surface area contributed by atoms with E-state index in [-0.39, 0.29) is 5.97 Å². The van der Waals surface area contributed by atoms with Crippen LogP contribution in [0.5, 0.6) is 0 Å². The van der Waals surface area contributed by atoms with Crippen molar-refractivity contribution in [3.63, 3.8) is 0 Å². The van der Waals surface area contributed by atoms with E-state index in [0.29, 0.717) is 12.2 Å². The molecular formula is C6H9BrO2Sn+2. The van der Waals surface area contributed by atoms with Crippen LogP contribution in [-0.2, 0) is 9.53 Å². The molecule has 0 unspecified atom stereocenters. The molecule has 0 radical (unpaired) electrons. The molecule has 0 fully saturated rings. The molecular weight excluding hydrogens is 303 g/mol. The summed E-state index contributed by atoms with van der Waals surface area (Å²) in [6, 6.07) is 0. The van der Waals surface area contributed by atoms with Gasteiger partial charge in [-0.2, -0.15) is 0 Å². The third kappa shape index (κ3) is 4.33. The van der Waals surface area contributed by atoms with Gasteiger partial charge in [0.05, 0.1) is 0 Å². The number of halogens is 1. The Morgan fingerprint density at radius 3 is 2.80 bits per heavy atom. The van der Waals surface area contributed by atoms with Crippen molar-refractivity contribution in [2.45, 2.75) is 11.4 Å². The standard InChI is InChI=1S/C6H9O2.BrH.Sn/c1-4-8-6(7)5(2)3;;/h2-4H2,1H3;1H;/q;;+3/p-1. The fourth-order valence-electron chi connectivity index (χ4n) is 0.386. The van der Waals surface area contributed by atoms with E-state index in [1.807, 2.05) is 0 Å². The molecule has 0 spiro atoms. The van der Waals surface area contributed by atoms with Gasteiger partial charge in [-0.1, -0.05) is 0 Å². The third-order valence-electron chi connectivity index (χ3n) is 0.844. The van der Waals surface area contributed by atoms with Crippen LogP contribution >= 0.6 is 12.7 Å². The fourth-order valence-corrected chi connectivity index (χ4v) is 3.53. The van der Waals surface area contributed by atoms with Gasteiger partial charge in [-0.3, -0.25) is 0 Å². The molecule has 0 saturated heterocycles. The first-order chi connectivity index (χ1) is 4.72. The summed E-state index contributed by atoms with van der Waals surface area (Å²) in [4.78, 5) is 10.8. The molecule has 0 aromatic carbocycles. The molecule has 0 aliphatic carbocycles. The van der Waals surface area contributed by atoms with E-state index in [1.165, 1.54) is 0 Å². The summed E-state index contributed by atoms with van der Waals surface area (Å²) < 4.78 is 5.55. The second-order valence-corrected chi connectivity index (χ2v) is 7.17. The van der Waals surface area contributed by atoms with Crippen molar-refractivity contribution >= 4 is 37.6 Å². The molecule has 0 aliphatic rings. The number of esters is 1. The van der Waals surface area contributed by atoms with E-state index >= 15 is 0 Å². The van der Waals surface area contributed by atoms with Crippen LogP contribution in [0.4, 0.5) is 0 Å². The first kappa shape index (κ1) is 10.5. The monoisotopic (exact) mass is 312 g/mol. The van der Waals surface area contributed by atoms with Gasteiger partial charge in [-0.25, -0.2) is 0 Å². The van der Waals surface area contributed by atoms with E-state index in [0.717, 1.165) is 4.44 Å². The van der Waals surface area contributed by atoms with Gasteiger partial charge in [-0.15, -0.1) is 0 Å². The van der Waals surface area contributed by atoms with Crippen molar-refractivity contribution in [2.75, 3.05) is 6.61 Å². The molecule has 54 valence electrons. The summed E-state index contributed by atoms with van der Waals surface area (Å²) in [5.74, 6) is -0.247. The molecule has 0 heterocycles. The molecule has 0 bridgehead atoms. The molecule has 0 aliphatic heterocycles. The van der Waals surface area contributed by atoms with Crippen molar-refractivity contribution in [1.82, 2.24) is 0 Å². The van der Waals surface area contributed by atoms with Crippen molar-refractivity contribution in [3.05, 3.63) is 12.2 Å². The van der Waals surface area contributed by atoms with E-state index in [9.17, 15) is 4.79 Å². The van der Waals surface area contributed by atoms with E-state index in [1.54, 1.807) is 6.92 Å². The van der Waals surface area contributed by atoms with Gasteiger partial charge < -0.3 is 0 Å². The van der Waals surface area contributed by atoms with Gasteiger partial charge in [-0.05, 0) is 0 Å². The molecule has 0 atom stereocenters. The number of ether oxygens (including phenoxy) is 1. The summed E-state index contributed by atoms with van der Waals surface area (Å²) >= 11 is 2.86. The topological polar surface area (TPSA) is 26.3 Å². The maximum absolute atomic E-state index is 10.8. The minimum absolute atomic E-state index is 0.247. The number of carbonyl (C=O) groups excluding carboxylic acids is 1. The molecule has 0 aromatic rings. The Morgan fingerprint density at radius 1 is 1.80 bits per heavy atom. The van der Waals surface area contributed by atoms with E-state index in [4.69, 9.17) is 4.74 Å². The zero-order valence-corrected chi connectivity index (χ0v) is 10.3. The molecule has 2 nitrogen and oxygen atoms in total. The van der Waals surface area contributed by atoms with Gasteiger partial charge in [0.15, 0.2) is 0 Å².